The Morgan fingerprint density at radius 3 is 2.89 bits per heavy atom. The van der Waals surface area contributed by atoms with Crippen LogP contribution in [-0.2, 0) is 21.6 Å². The van der Waals surface area contributed by atoms with Crippen LogP contribution >= 0.6 is 0 Å². The Morgan fingerprint density at radius 2 is 2.07 bits per heavy atom. The van der Waals surface area contributed by atoms with Gasteiger partial charge in [0.25, 0.3) is 0 Å². The first-order chi connectivity index (χ1) is 13.6. The third kappa shape index (κ3) is 5.48. The van der Waals surface area contributed by atoms with Crippen molar-refractivity contribution in [3.63, 3.8) is 0 Å². The summed E-state index contributed by atoms with van der Waals surface area (Å²) in [5, 5.41) is 8.96. The molecule has 0 saturated carbocycles. The molecule has 1 spiro atoms. The molecule has 3 rings (SSSR count). The summed E-state index contributed by atoms with van der Waals surface area (Å²) in [5.74, 6) is 0.224. The summed E-state index contributed by atoms with van der Waals surface area (Å²) < 4.78 is 12.2. The van der Waals surface area contributed by atoms with Crippen molar-refractivity contribution < 1.29 is 19.4 Å². The van der Waals surface area contributed by atoms with Crippen molar-refractivity contribution in [1.82, 2.24) is 4.90 Å². The number of morpholine rings is 1. The number of nitrogens with zero attached hydrogens (tertiary/aromatic N) is 1. The fourth-order valence-corrected chi connectivity index (χ4v) is 4.47. The predicted octanol–water partition coefficient (Wildman–Crippen LogP) is 4.37. The van der Waals surface area contributed by atoms with Gasteiger partial charge in [-0.3, -0.25) is 9.69 Å². The van der Waals surface area contributed by atoms with E-state index in [0.717, 1.165) is 44.7 Å². The number of carboxylic acids is 1. The van der Waals surface area contributed by atoms with Crippen molar-refractivity contribution in [2.45, 2.75) is 70.3 Å². The Balaban J connectivity index is 1.52. The first-order valence-corrected chi connectivity index (χ1v) is 11.0. The van der Waals surface area contributed by atoms with E-state index in [0.29, 0.717) is 13.2 Å². The molecule has 0 aromatic heterocycles. The number of rotatable bonds is 11. The fraction of sp³-hybridized carbons (Fsp3) is 0.696. The second kappa shape index (κ2) is 10.3. The minimum atomic E-state index is -0.737. The quantitative estimate of drug-likeness (QED) is 0.569. The Labute approximate surface area is 169 Å². The van der Waals surface area contributed by atoms with Crippen LogP contribution in [0.3, 0.4) is 0 Å². The highest BCUT2D eigenvalue weighted by Crippen LogP contribution is 2.43. The summed E-state index contributed by atoms with van der Waals surface area (Å²) in [5.41, 5.74) is 2.31. The van der Waals surface area contributed by atoms with E-state index in [1.165, 1.54) is 43.2 Å². The van der Waals surface area contributed by atoms with E-state index in [1.807, 2.05) is 0 Å². The highest BCUT2D eigenvalue weighted by molar-refractivity contribution is 5.66. The molecular weight excluding hydrogens is 354 g/mol. The van der Waals surface area contributed by atoms with Gasteiger partial charge in [-0.15, -0.1) is 0 Å². The largest absolute Gasteiger partial charge is 0.494 e. The van der Waals surface area contributed by atoms with Crippen LogP contribution in [0.25, 0.3) is 0 Å². The van der Waals surface area contributed by atoms with Crippen LogP contribution in [0.5, 0.6) is 5.75 Å². The Morgan fingerprint density at radius 1 is 1.25 bits per heavy atom. The number of hydrogen-bond donors (Lipinski definition) is 1. The molecule has 156 valence electrons. The van der Waals surface area contributed by atoms with Gasteiger partial charge < -0.3 is 14.6 Å². The summed E-state index contributed by atoms with van der Waals surface area (Å²) in [4.78, 5) is 13.1. The van der Waals surface area contributed by atoms with E-state index in [4.69, 9.17) is 14.6 Å². The lowest BCUT2D eigenvalue weighted by atomic mass is 9.93. The zero-order valence-corrected chi connectivity index (χ0v) is 17.3. The van der Waals surface area contributed by atoms with Crippen LogP contribution in [0.1, 0.15) is 69.4 Å². The van der Waals surface area contributed by atoms with E-state index < -0.39 is 5.97 Å². The molecule has 1 aliphatic heterocycles. The normalized spacial score (nSPS) is 21.8. The van der Waals surface area contributed by atoms with Gasteiger partial charge in [-0.2, -0.15) is 0 Å². The number of fused-ring (bicyclic) bond motifs is 2. The molecule has 0 amide bonds. The number of benzene rings is 1. The van der Waals surface area contributed by atoms with E-state index >= 15 is 0 Å². The minimum absolute atomic E-state index is 0.189. The van der Waals surface area contributed by atoms with Crippen molar-refractivity contribution in [3.05, 3.63) is 29.3 Å². The van der Waals surface area contributed by atoms with E-state index in [2.05, 4.69) is 30.0 Å². The van der Waals surface area contributed by atoms with Crippen LogP contribution in [0, 0.1) is 0 Å². The Bertz CT molecular complexity index is 647. The van der Waals surface area contributed by atoms with Crippen molar-refractivity contribution in [2.75, 3.05) is 32.8 Å². The third-order valence-electron chi connectivity index (χ3n) is 6.04. The molecule has 0 radical (unpaired) electrons. The number of aryl methyl sites for hydroxylation is 1. The molecule has 1 aromatic rings. The summed E-state index contributed by atoms with van der Waals surface area (Å²) >= 11 is 0. The molecule has 1 saturated heterocycles. The summed E-state index contributed by atoms with van der Waals surface area (Å²) in [7, 11) is 0. The molecule has 2 aliphatic rings. The Hall–Kier alpha value is -1.59. The zero-order valence-electron chi connectivity index (χ0n) is 17.3. The van der Waals surface area contributed by atoms with E-state index in [1.54, 1.807) is 0 Å². The molecule has 1 aromatic carbocycles. The van der Waals surface area contributed by atoms with E-state index in [9.17, 15) is 4.79 Å². The second-order valence-corrected chi connectivity index (χ2v) is 8.20. The van der Waals surface area contributed by atoms with E-state index in [-0.39, 0.29) is 12.0 Å². The van der Waals surface area contributed by atoms with Gasteiger partial charge in [-0.05, 0) is 42.5 Å². The lowest BCUT2D eigenvalue weighted by molar-refractivity contribution is -0.140. The van der Waals surface area contributed by atoms with Gasteiger partial charge in [-0.25, -0.2) is 0 Å². The molecule has 28 heavy (non-hydrogen) atoms. The minimum Gasteiger partial charge on any atom is -0.494 e. The lowest BCUT2D eigenvalue weighted by Gasteiger charge is -2.41. The SMILES string of the molecule is CCCCCCCCOc1ccc2c(c1)CCC21CN(CCC(=O)O)CCO1. The first-order valence-electron chi connectivity index (χ1n) is 11.0. The van der Waals surface area contributed by atoms with Crippen LogP contribution in [0.4, 0.5) is 0 Å². The van der Waals surface area contributed by atoms with Gasteiger partial charge >= 0.3 is 5.97 Å². The van der Waals surface area contributed by atoms with Gasteiger partial charge in [0.1, 0.15) is 11.4 Å². The highest BCUT2D eigenvalue weighted by Gasteiger charge is 2.43. The number of aliphatic carboxylic acids is 1. The van der Waals surface area contributed by atoms with Gasteiger partial charge in [-0.1, -0.05) is 45.1 Å². The smallest absolute Gasteiger partial charge is 0.304 e. The molecule has 1 atom stereocenters. The summed E-state index contributed by atoms with van der Waals surface area (Å²) in [6, 6.07) is 6.42. The molecule has 1 N–H and O–H groups in total. The molecule has 1 fully saturated rings. The molecular formula is C23H35NO4. The zero-order chi connectivity index (χ0) is 19.8. The average molecular weight is 390 g/mol. The van der Waals surface area contributed by atoms with Crippen molar-refractivity contribution in [1.29, 1.82) is 0 Å². The molecule has 1 aliphatic carbocycles. The molecule has 5 heteroatoms. The van der Waals surface area contributed by atoms with Crippen LogP contribution < -0.4 is 4.74 Å². The Kier molecular flexibility index (Phi) is 7.74. The van der Waals surface area contributed by atoms with Gasteiger partial charge in [0, 0.05) is 19.6 Å². The topological polar surface area (TPSA) is 59.0 Å². The summed E-state index contributed by atoms with van der Waals surface area (Å²) in [6.07, 6.45) is 9.77. The second-order valence-electron chi connectivity index (χ2n) is 8.20. The maximum Gasteiger partial charge on any atom is 0.304 e. The fourth-order valence-electron chi connectivity index (χ4n) is 4.47. The lowest BCUT2D eigenvalue weighted by Crippen LogP contribution is -2.49. The van der Waals surface area contributed by atoms with Gasteiger partial charge in [0.2, 0.25) is 0 Å². The monoisotopic (exact) mass is 389 g/mol. The number of unbranched alkanes of at least 4 members (excludes halogenated alkanes) is 5. The predicted molar refractivity (Wildman–Crippen MR) is 110 cm³/mol. The molecule has 1 heterocycles. The number of carbonyl (C=O) groups is 1. The maximum absolute atomic E-state index is 10.9. The van der Waals surface area contributed by atoms with Crippen molar-refractivity contribution in [2.24, 2.45) is 0 Å². The highest BCUT2D eigenvalue weighted by atomic mass is 16.5. The van der Waals surface area contributed by atoms with Crippen LogP contribution in [0.2, 0.25) is 0 Å². The van der Waals surface area contributed by atoms with Gasteiger partial charge in [0.15, 0.2) is 0 Å². The number of hydrogen-bond acceptors (Lipinski definition) is 4. The average Bonchev–Trinajstić information content (AvgIpc) is 3.03. The van der Waals surface area contributed by atoms with Crippen LogP contribution in [0.15, 0.2) is 18.2 Å². The number of ether oxygens (including phenoxy) is 2. The van der Waals surface area contributed by atoms with Crippen LogP contribution in [-0.4, -0.2) is 48.8 Å². The van der Waals surface area contributed by atoms with Crippen molar-refractivity contribution >= 4 is 5.97 Å². The molecule has 1 unspecified atom stereocenters. The summed E-state index contributed by atoms with van der Waals surface area (Å²) in [6.45, 7) is 5.88. The molecule has 5 nitrogen and oxygen atoms in total. The standard InChI is InChI=1S/C23H35NO4/c1-2-3-4-5-6-7-15-27-20-8-9-21-19(17-20)10-12-23(21)18-24(14-16-28-23)13-11-22(25)26/h8-9,17H,2-7,10-16,18H2,1H3,(H,25,26). The third-order valence-corrected chi connectivity index (χ3v) is 6.04. The van der Waals surface area contributed by atoms with Gasteiger partial charge in [0.05, 0.1) is 19.6 Å². The van der Waals surface area contributed by atoms with Crippen molar-refractivity contribution in [3.8, 4) is 5.75 Å². The first kappa shape index (κ1) is 21.1. The molecule has 0 bridgehead atoms. The maximum atomic E-state index is 10.9. The number of carboxylic acid groups (broad SMARTS) is 1.